The molecule has 0 aromatic heterocycles. The first-order chi connectivity index (χ1) is 29.1. The molecular formula is C44H76ClN3O14S. The number of rotatable bonds is 11. The summed E-state index contributed by atoms with van der Waals surface area (Å²) >= 11 is 6.05. The zero-order chi connectivity index (χ0) is 47.6. The van der Waals surface area contributed by atoms with E-state index in [0.29, 0.717) is 5.02 Å². The van der Waals surface area contributed by atoms with Gasteiger partial charge in [0.2, 0.25) is 10.0 Å². The Morgan fingerprint density at radius 3 is 2.17 bits per heavy atom. The molecule has 0 aliphatic carbocycles. The van der Waals surface area contributed by atoms with E-state index in [4.69, 9.17) is 40.0 Å². The standard InChI is InChI=1S/C44H76ClN3O14S/c1-14-33-43(10,53)37(50)28(6)47-22-24(2)20-41(8,52)38(62-40-35(49)32(19-25(3)58-40)48(12)63(55,56)31-17-15-30(45)16-18-31)26(4)36(27(5)39(51)60-33)61-34-21-42(9,57-13)44(54,23-46-11)29(7)59-34/h15-18,24-29,32-38,40,46-47,49-50,52-54H,14,19-23H2,1-13H3/t24-,25-,26+,27-,28-,29+,32+,33-,34+,35-,36+,37-,38-,40+,41-,42-,43-,44+/m1/s1. The van der Waals surface area contributed by atoms with Crippen LogP contribution in [0.4, 0.5) is 0 Å². The van der Waals surface area contributed by atoms with Crippen molar-refractivity contribution in [3.05, 3.63) is 29.3 Å². The number of hydrogen-bond acceptors (Lipinski definition) is 16. The molecule has 19 heteroatoms. The summed E-state index contributed by atoms with van der Waals surface area (Å²) in [5.41, 5.74) is -6.34. The zero-order valence-electron chi connectivity index (χ0n) is 39.3. The number of esters is 1. The lowest BCUT2D eigenvalue weighted by atomic mass is 9.75. The number of ether oxygens (including phenoxy) is 6. The molecule has 3 fully saturated rings. The molecule has 364 valence electrons. The number of aliphatic hydroxyl groups excluding tert-OH is 2. The highest BCUT2D eigenvalue weighted by Gasteiger charge is 2.58. The molecule has 17 nitrogen and oxygen atoms in total. The maximum absolute atomic E-state index is 14.4. The Hall–Kier alpha value is -1.59. The van der Waals surface area contributed by atoms with Crippen LogP contribution in [0.5, 0.6) is 0 Å². The maximum Gasteiger partial charge on any atom is 0.311 e. The van der Waals surface area contributed by atoms with Crippen LogP contribution in [0.2, 0.25) is 5.02 Å². The monoisotopic (exact) mass is 937 g/mol. The van der Waals surface area contributed by atoms with Gasteiger partial charge in [0.05, 0.1) is 46.9 Å². The van der Waals surface area contributed by atoms with Gasteiger partial charge in [0.25, 0.3) is 0 Å². The lowest BCUT2D eigenvalue weighted by Crippen LogP contribution is -2.69. The van der Waals surface area contributed by atoms with E-state index in [0.717, 1.165) is 4.31 Å². The molecule has 63 heavy (non-hydrogen) atoms. The quantitative estimate of drug-likeness (QED) is 0.158. The highest BCUT2D eigenvalue weighted by molar-refractivity contribution is 7.89. The summed E-state index contributed by atoms with van der Waals surface area (Å²) in [6.45, 7) is 17.2. The number of carbonyl (C=O) groups is 1. The van der Waals surface area contributed by atoms with Gasteiger partial charge in [-0.2, -0.15) is 4.31 Å². The minimum absolute atomic E-state index is 0.01000. The van der Waals surface area contributed by atoms with Crippen LogP contribution in [0.15, 0.2) is 29.2 Å². The van der Waals surface area contributed by atoms with Crippen LogP contribution in [0.3, 0.4) is 0 Å². The van der Waals surface area contributed by atoms with Gasteiger partial charge in [0, 0.05) is 44.1 Å². The number of carbonyl (C=O) groups excluding carboxylic acids is 1. The van der Waals surface area contributed by atoms with Gasteiger partial charge in [-0.05, 0) is 112 Å². The molecule has 0 spiro atoms. The van der Waals surface area contributed by atoms with E-state index in [1.807, 2.05) is 6.92 Å². The minimum atomic E-state index is -4.14. The number of aliphatic hydroxyl groups is 5. The maximum atomic E-state index is 14.4. The average molecular weight is 939 g/mol. The van der Waals surface area contributed by atoms with E-state index in [1.165, 1.54) is 45.3 Å². The van der Waals surface area contributed by atoms with Crippen molar-refractivity contribution < 1.29 is 67.2 Å². The molecule has 0 bridgehead atoms. The highest BCUT2D eigenvalue weighted by atomic mass is 35.5. The van der Waals surface area contributed by atoms with Gasteiger partial charge in [-0.1, -0.05) is 32.4 Å². The number of cyclic esters (lactones) is 1. The molecule has 0 saturated carbocycles. The third-order valence-electron chi connectivity index (χ3n) is 13.9. The summed E-state index contributed by atoms with van der Waals surface area (Å²) in [6, 6.07) is 4.00. The van der Waals surface area contributed by atoms with E-state index in [1.54, 1.807) is 62.4 Å². The van der Waals surface area contributed by atoms with Crippen LogP contribution >= 0.6 is 11.6 Å². The fourth-order valence-electron chi connectivity index (χ4n) is 9.82. The van der Waals surface area contributed by atoms with E-state index < -0.39 is 118 Å². The van der Waals surface area contributed by atoms with Gasteiger partial charge in [0.1, 0.15) is 35.1 Å². The molecule has 3 aliphatic heterocycles. The van der Waals surface area contributed by atoms with Gasteiger partial charge in [-0.15, -0.1) is 0 Å². The summed E-state index contributed by atoms with van der Waals surface area (Å²) in [6.07, 6.45) is -10.2. The molecule has 3 heterocycles. The molecular weight excluding hydrogens is 862 g/mol. The number of likely N-dealkylation sites (N-methyl/N-ethyl adjacent to an activating group) is 2. The van der Waals surface area contributed by atoms with Crippen LogP contribution in [-0.4, -0.2) is 168 Å². The van der Waals surface area contributed by atoms with Crippen LogP contribution in [0, 0.1) is 17.8 Å². The predicted octanol–water partition coefficient (Wildman–Crippen LogP) is 2.56. The Morgan fingerprint density at radius 1 is 0.984 bits per heavy atom. The predicted molar refractivity (Wildman–Crippen MR) is 235 cm³/mol. The summed E-state index contributed by atoms with van der Waals surface area (Å²) in [5.74, 6) is -3.15. The topological polar surface area (TPSA) is 235 Å². The number of methoxy groups -OCH3 is 1. The summed E-state index contributed by atoms with van der Waals surface area (Å²) in [7, 11) is 0.410. The minimum Gasteiger partial charge on any atom is -0.459 e. The Morgan fingerprint density at radius 2 is 1.60 bits per heavy atom. The van der Waals surface area contributed by atoms with Crippen molar-refractivity contribution in [1.82, 2.24) is 14.9 Å². The Bertz CT molecular complexity index is 1760. The summed E-state index contributed by atoms with van der Waals surface area (Å²) < 4.78 is 67.0. The first-order valence-corrected chi connectivity index (χ1v) is 24.0. The molecule has 3 saturated heterocycles. The smallest absolute Gasteiger partial charge is 0.311 e. The molecule has 1 aromatic carbocycles. The third kappa shape index (κ3) is 11.6. The second-order valence-corrected chi connectivity index (χ2v) is 21.5. The van der Waals surface area contributed by atoms with Gasteiger partial charge in [-0.25, -0.2) is 8.42 Å². The molecule has 0 unspecified atom stereocenters. The normalized spacial score (nSPS) is 44.1. The molecule has 0 amide bonds. The van der Waals surface area contributed by atoms with E-state index in [-0.39, 0.29) is 49.6 Å². The number of halogens is 1. The molecule has 1 aromatic rings. The third-order valence-corrected chi connectivity index (χ3v) is 16.1. The fourth-order valence-corrected chi connectivity index (χ4v) is 11.3. The number of sulfonamides is 1. The zero-order valence-corrected chi connectivity index (χ0v) is 40.9. The van der Waals surface area contributed by atoms with Crippen LogP contribution in [0.25, 0.3) is 0 Å². The SMILES string of the molecule is CC[C@H]1OC(=O)[C@H](C)[C@@H](O[C@H]2C[C@@](C)(OC)[C@](O)(CNC)[C@H](C)O2)[C@H](C)[C@@H](O[C@@H]2O[C@H](C)C[C@H](N(C)S(=O)(=O)c3ccc(Cl)cc3)[C@H]2O)[C@](C)(O)C[C@@H](C)CN[C@H](C)[C@@H](O)[C@]1(C)O. The highest BCUT2D eigenvalue weighted by Crippen LogP contribution is 2.43. The van der Waals surface area contributed by atoms with Gasteiger partial charge in [-0.3, -0.25) is 4.79 Å². The van der Waals surface area contributed by atoms with Crippen LogP contribution < -0.4 is 10.6 Å². The van der Waals surface area contributed by atoms with E-state index >= 15 is 0 Å². The van der Waals surface area contributed by atoms with Crippen molar-refractivity contribution in [2.75, 3.05) is 34.3 Å². The van der Waals surface area contributed by atoms with Crippen molar-refractivity contribution in [3.8, 4) is 0 Å². The molecule has 3 aliphatic rings. The number of nitrogens with zero attached hydrogens (tertiary/aromatic N) is 1. The second kappa shape index (κ2) is 21.1. The fraction of sp³-hybridized carbons (Fsp3) is 0.841. The van der Waals surface area contributed by atoms with Crippen molar-refractivity contribution in [3.63, 3.8) is 0 Å². The van der Waals surface area contributed by atoms with Gasteiger partial charge >= 0.3 is 5.97 Å². The Kier molecular flexibility index (Phi) is 18.1. The first-order valence-electron chi connectivity index (χ1n) is 22.1. The van der Waals surface area contributed by atoms with Crippen molar-refractivity contribution in [2.24, 2.45) is 17.8 Å². The second-order valence-electron chi connectivity index (χ2n) is 19.1. The lowest BCUT2D eigenvalue weighted by Gasteiger charge is -2.53. The molecule has 0 radical (unpaired) electrons. The van der Waals surface area contributed by atoms with E-state index in [9.17, 15) is 38.7 Å². The van der Waals surface area contributed by atoms with Gasteiger partial charge in [0.15, 0.2) is 12.6 Å². The molecule has 7 N–H and O–H groups in total. The number of nitrogens with one attached hydrogen (secondary N) is 2. The van der Waals surface area contributed by atoms with Crippen molar-refractivity contribution in [2.45, 2.75) is 190 Å². The summed E-state index contributed by atoms with van der Waals surface area (Å²) in [5, 5.41) is 66.4. The average Bonchev–Trinajstić information content (AvgIpc) is 3.21. The first kappa shape index (κ1) is 54.0. The Labute approximate surface area is 379 Å². The van der Waals surface area contributed by atoms with Gasteiger partial charge < -0.3 is 64.6 Å². The van der Waals surface area contributed by atoms with Crippen LogP contribution in [0.1, 0.15) is 94.9 Å². The molecule has 4 rings (SSSR count). The van der Waals surface area contributed by atoms with Crippen molar-refractivity contribution >= 4 is 27.6 Å². The Balaban J connectivity index is 1.83. The van der Waals surface area contributed by atoms with E-state index in [2.05, 4.69) is 10.6 Å². The lowest BCUT2D eigenvalue weighted by molar-refractivity contribution is -0.336. The summed E-state index contributed by atoms with van der Waals surface area (Å²) in [4.78, 5) is 14.4. The van der Waals surface area contributed by atoms with Crippen LogP contribution in [-0.2, 0) is 43.2 Å². The number of hydrogen-bond donors (Lipinski definition) is 7. The largest absolute Gasteiger partial charge is 0.459 e. The number of benzene rings is 1. The molecule has 18 atom stereocenters. The van der Waals surface area contributed by atoms with Crippen molar-refractivity contribution in [1.29, 1.82) is 0 Å².